The standard InChI is InChI=1S/C12H13NO4S/c14-10(8-2-4-18-7-8)5-13-6-11-9(12(15)16)1-3-17-11/h1-4,7,10,13-14H,5-6H2,(H,15,16). The van der Waals surface area contributed by atoms with E-state index < -0.39 is 12.1 Å². The highest BCUT2D eigenvalue weighted by atomic mass is 32.1. The first-order chi connectivity index (χ1) is 8.68. The van der Waals surface area contributed by atoms with Crippen LogP contribution in [0.2, 0.25) is 0 Å². The molecule has 0 amide bonds. The second kappa shape index (κ2) is 5.81. The van der Waals surface area contributed by atoms with Crippen molar-refractivity contribution in [3.63, 3.8) is 0 Å². The molecular weight excluding hydrogens is 254 g/mol. The zero-order valence-corrected chi connectivity index (χ0v) is 10.3. The highest BCUT2D eigenvalue weighted by Crippen LogP contribution is 2.16. The van der Waals surface area contributed by atoms with E-state index in [0.717, 1.165) is 5.56 Å². The van der Waals surface area contributed by atoms with Gasteiger partial charge in [0, 0.05) is 6.54 Å². The molecule has 0 aliphatic heterocycles. The maximum absolute atomic E-state index is 10.8. The molecule has 1 atom stereocenters. The first-order valence-corrected chi connectivity index (χ1v) is 6.33. The molecule has 0 radical (unpaired) electrons. The fourth-order valence-corrected chi connectivity index (χ4v) is 2.28. The summed E-state index contributed by atoms with van der Waals surface area (Å²) in [5.41, 5.74) is 0.998. The maximum Gasteiger partial charge on any atom is 0.339 e. The van der Waals surface area contributed by atoms with Crippen LogP contribution in [0.4, 0.5) is 0 Å². The fourth-order valence-electron chi connectivity index (χ4n) is 1.57. The fraction of sp³-hybridized carbons (Fsp3) is 0.250. The molecule has 0 fully saturated rings. The Morgan fingerprint density at radius 3 is 3.00 bits per heavy atom. The van der Waals surface area contributed by atoms with Crippen LogP contribution in [0.15, 0.2) is 33.6 Å². The molecule has 6 heteroatoms. The highest BCUT2D eigenvalue weighted by Gasteiger charge is 2.13. The van der Waals surface area contributed by atoms with Crippen LogP contribution in [0.5, 0.6) is 0 Å². The van der Waals surface area contributed by atoms with Crippen molar-refractivity contribution in [2.45, 2.75) is 12.6 Å². The number of carboxylic acid groups (broad SMARTS) is 1. The number of hydrogen-bond acceptors (Lipinski definition) is 5. The maximum atomic E-state index is 10.8. The average molecular weight is 267 g/mol. The van der Waals surface area contributed by atoms with Crippen molar-refractivity contribution in [3.8, 4) is 0 Å². The molecule has 2 heterocycles. The van der Waals surface area contributed by atoms with Crippen molar-refractivity contribution in [2.24, 2.45) is 0 Å². The van der Waals surface area contributed by atoms with Crippen LogP contribution >= 0.6 is 11.3 Å². The highest BCUT2D eigenvalue weighted by molar-refractivity contribution is 7.07. The van der Waals surface area contributed by atoms with E-state index in [1.165, 1.54) is 23.7 Å². The van der Waals surface area contributed by atoms with Crippen molar-refractivity contribution >= 4 is 17.3 Å². The Morgan fingerprint density at radius 1 is 1.50 bits per heavy atom. The summed E-state index contributed by atoms with van der Waals surface area (Å²) in [7, 11) is 0. The van der Waals surface area contributed by atoms with E-state index >= 15 is 0 Å². The van der Waals surface area contributed by atoms with Gasteiger partial charge in [-0.3, -0.25) is 0 Å². The average Bonchev–Trinajstić information content (AvgIpc) is 2.99. The molecule has 0 saturated carbocycles. The molecule has 0 aromatic carbocycles. The van der Waals surface area contributed by atoms with E-state index in [1.807, 2.05) is 16.8 Å². The van der Waals surface area contributed by atoms with Crippen LogP contribution in [0.25, 0.3) is 0 Å². The van der Waals surface area contributed by atoms with Gasteiger partial charge in [0.05, 0.1) is 18.9 Å². The van der Waals surface area contributed by atoms with Crippen molar-refractivity contribution in [3.05, 3.63) is 46.0 Å². The number of furan rings is 1. The monoisotopic (exact) mass is 267 g/mol. The Kier molecular flexibility index (Phi) is 4.14. The summed E-state index contributed by atoms with van der Waals surface area (Å²) in [5.74, 6) is -0.654. The number of aliphatic hydroxyl groups is 1. The van der Waals surface area contributed by atoms with E-state index in [0.29, 0.717) is 12.3 Å². The Morgan fingerprint density at radius 2 is 2.33 bits per heavy atom. The van der Waals surface area contributed by atoms with Gasteiger partial charge < -0.3 is 19.9 Å². The van der Waals surface area contributed by atoms with Gasteiger partial charge in [0.15, 0.2) is 0 Å². The van der Waals surface area contributed by atoms with Gasteiger partial charge in [0.25, 0.3) is 0 Å². The minimum atomic E-state index is -1.01. The number of carbonyl (C=O) groups is 1. The largest absolute Gasteiger partial charge is 0.478 e. The van der Waals surface area contributed by atoms with Gasteiger partial charge in [-0.25, -0.2) is 4.79 Å². The molecule has 2 aromatic heterocycles. The molecule has 3 N–H and O–H groups in total. The molecule has 1 unspecified atom stereocenters. The van der Waals surface area contributed by atoms with Crippen LogP contribution in [0, 0.1) is 0 Å². The second-order valence-corrected chi connectivity index (χ2v) is 4.55. The Hall–Kier alpha value is -1.63. The number of aliphatic hydroxyl groups excluding tert-OH is 1. The molecule has 0 saturated heterocycles. The zero-order chi connectivity index (χ0) is 13.0. The first kappa shape index (κ1) is 12.8. The number of aromatic carboxylic acids is 1. The topological polar surface area (TPSA) is 82.7 Å². The summed E-state index contributed by atoms with van der Waals surface area (Å²) in [6.07, 6.45) is 0.745. The predicted molar refractivity (Wildman–Crippen MR) is 66.7 cm³/mol. The summed E-state index contributed by atoms with van der Waals surface area (Å²) in [6.45, 7) is 0.617. The summed E-state index contributed by atoms with van der Waals surface area (Å²) >= 11 is 1.52. The molecule has 2 rings (SSSR count). The summed E-state index contributed by atoms with van der Waals surface area (Å²) in [6, 6.07) is 3.27. The predicted octanol–water partition coefficient (Wildman–Crippen LogP) is 1.86. The molecule has 5 nitrogen and oxygen atoms in total. The van der Waals surface area contributed by atoms with Crippen LogP contribution in [-0.4, -0.2) is 22.7 Å². The van der Waals surface area contributed by atoms with Gasteiger partial charge in [-0.2, -0.15) is 11.3 Å². The third-order valence-corrected chi connectivity index (χ3v) is 3.23. The van der Waals surface area contributed by atoms with Crippen LogP contribution < -0.4 is 5.32 Å². The number of nitrogens with one attached hydrogen (secondary N) is 1. The zero-order valence-electron chi connectivity index (χ0n) is 9.50. The lowest BCUT2D eigenvalue weighted by molar-refractivity contribution is 0.0694. The van der Waals surface area contributed by atoms with Crippen LogP contribution in [0.1, 0.15) is 27.8 Å². The lowest BCUT2D eigenvalue weighted by Gasteiger charge is -2.09. The minimum absolute atomic E-state index is 0.146. The SMILES string of the molecule is O=C(O)c1ccoc1CNCC(O)c1ccsc1. The molecule has 2 aromatic rings. The number of rotatable bonds is 6. The lowest BCUT2D eigenvalue weighted by Crippen LogP contribution is -2.21. The molecule has 0 spiro atoms. The van der Waals surface area contributed by atoms with Gasteiger partial charge in [-0.15, -0.1) is 0 Å². The van der Waals surface area contributed by atoms with Crippen molar-refractivity contribution < 1.29 is 19.4 Å². The van der Waals surface area contributed by atoms with E-state index in [9.17, 15) is 9.90 Å². The molecule has 18 heavy (non-hydrogen) atoms. The van der Waals surface area contributed by atoms with Gasteiger partial charge in [0.1, 0.15) is 11.3 Å². The van der Waals surface area contributed by atoms with Gasteiger partial charge in [0.2, 0.25) is 0 Å². The quantitative estimate of drug-likeness (QED) is 0.744. The minimum Gasteiger partial charge on any atom is -0.478 e. The normalized spacial score (nSPS) is 12.5. The van der Waals surface area contributed by atoms with Crippen molar-refractivity contribution in [1.82, 2.24) is 5.32 Å². The first-order valence-electron chi connectivity index (χ1n) is 5.39. The summed E-state index contributed by atoms with van der Waals surface area (Å²) in [4.78, 5) is 10.8. The van der Waals surface area contributed by atoms with Crippen LogP contribution in [-0.2, 0) is 6.54 Å². The molecular formula is C12H13NO4S. The number of carboxylic acids is 1. The Labute approximate surface area is 108 Å². The molecule has 0 bridgehead atoms. The molecule has 96 valence electrons. The number of thiophene rings is 1. The summed E-state index contributed by atoms with van der Waals surface area (Å²) in [5, 5.41) is 25.4. The van der Waals surface area contributed by atoms with E-state index in [4.69, 9.17) is 9.52 Å². The summed E-state index contributed by atoms with van der Waals surface area (Å²) < 4.78 is 5.08. The van der Waals surface area contributed by atoms with E-state index in [1.54, 1.807) is 0 Å². The molecule has 0 aliphatic rings. The van der Waals surface area contributed by atoms with E-state index in [2.05, 4.69) is 5.32 Å². The van der Waals surface area contributed by atoms with Crippen LogP contribution in [0.3, 0.4) is 0 Å². The third kappa shape index (κ3) is 2.98. The lowest BCUT2D eigenvalue weighted by atomic mass is 10.2. The Balaban J connectivity index is 1.85. The number of hydrogen-bond donors (Lipinski definition) is 3. The van der Waals surface area contributed by atoms with Crippen molar-refractivity contribution in [1.29, 1.82) is 0 Å². The molecule has 0 aliphatic carbocycles. The van der Waals surface area contributed by atoms with E-state index in [-0.39, 0.29) is 12.1 Å². The van der Waals surface area contributed by atoms with Gasteiger partial charge in [-0.1, -0.05) is 0 Å². The van der Waals surface area contributed by atoms with Gasteiger partial charge in [-0.05, 0) is 28.5 Å². The smallest absolute Gasteiger partial charge is 0.339 e. The third-order valence-electron chi connectivity index (χ3n) is 2.53. The Bertz CT molecular complexity index is 506. The second-order valence-electron chi connectivity index (χ2n) is 3.77. The van der Waals surface area contributed by atoms with Crippen molar-refractivity contribution in [2.75, 3.05) is 6.54 Å². The van der Waals surface area contributed by atoms with Gasteiger partial charge >= 0.3 is 5.97 Å².